The maximum absolute atomic E-state index is 7.48. The number of aryl methyl sites for hydroxylation is 1. The molecule has 0 radical (unpaired) electrons. The van der Waals surface area contributed by atoms with Crippen LogP contribution in [0.5, 0.6) is 0 Å². The molecule has 4 nitrogen and oxygen atoms in total. The molecule has 8 heteroatoms. The standard InChI is InChI=1S/C23H24N4S2.2ClH/c1-15-10-20(28-13-16-2-6-18(7-3-16)22(24)25)12-21(11-15)29-14-17-4-8-19(9-5-17)23(26)27;;/h2-12H,13-14H2,1H3,(H3,24,25)(H3,26,27);2*1H. The Morgan fingerprint density at radius 3 is 1.35 bits per heavy atom. The maximum Gasteiger partial charge on any atom is 0.122 e. The van der Waals surface area contributed by atoms with Gasteiger partial charge in [0.15, 0.2) is 0 Å². The Morgan fingerprint density at radius 2 is 1.03 bits per heavy atom. The summed E-state index contributed by atoms with van der Waals surface area (Å²) in [5, 5.41) is 15.0. The van der Waals surface area contributed by atoms with E-state index in [0.29, 0.717) is 0 Å². The van der Waals surface area contributed by atoms with Crippen molar-refractivity contribution in [2.24, 2.45) is 11.5 Å². The largest absolute Gasteiger partial charge is 0.384 e. The van der Waals surface area contributed by atoms with Gasteiger partial charge in [-0.05, 0) is 41.8 Å². The molecule has 3 aromatic carbocycles. The molecule has 0 bridgehead atoms. The Bertz CT molecular complexity index is 943. The number of nitrogen functional groups attached to an aromatic ring is 2. The molecule has 6 N–H and O–H groups in total. The van der Waals surface area contributed by atoms with Crippen molar-refractivity contribution in [3.05, 3.63) is 94.5 Å². The van der Waals surface area contributed by atoms with Gasteiger partial charge in [0.25, 0.3) is 0 Å². The molecule has 0 aliphatic rings. The van der Waals surface area contributed by atoms with Gasteiger partial charge in [0.05, 0.1) is 0 Å². The first kappa shape index (κ1) is 26.9. The van der Waals surface area contributed by atoms with Crippen LogP contribution in [0.4, 0.5) is 0 Å². The zero-order chi connectivity index (χ0) is 20.8. The van der Waals surface area contributed by atoms with Crippen LogP contribution in [-0.2, 0) is 11.5 Å². The Hall–Kier alpha value is -2.12. The van der Waals surface area contributed by atoms with Gasteiger partial charge in [-0.1, -0.05) is 48.5 Å². The first-order chi connectivity index (χ1) is 13.9. The fourth-order valence-corrected chi connectivity index (χ4v) is 4.86. The molecule has 164 valence electrons. The van der Waals surface area contributed by atoms with Crippen LogP contribution in [0.1, 0.15) is 27.8 Å². The van der Waals surface area contributed by atoms with Crippen molar-refractivity contribution >= 4 is 60.0 Å². The summed E-state index contributed by atoms with van der Waals surface area (Å²) in [6.07, 6.45) is 0. The summed E-state index contributed by atoms with van der Waals surface area (Å²) >= 11 is 3.61. The summed E-state index contributed by atoms with van der Waals surface area (Å²) in [5.41, 5.74) is 16.2. The summed E-state index contributed by atoms with van der Waals surface area (Å²) in [5.74, 6) is 1.94. The molecule has 0 amide bonds. The first-order valence-corrected chi connectivity index (χ1v) is 11.1. The van der Waals surface area contributed by atoms with Crippen molar-refractivity contribution in [2.45, 2.75) is 28.2 Å². The molecule has 3 rings (SSSR count). The number of hydrogen-bond acceptors (Lipinski definition) is 4. The monoisotopic (exact) mass is 492 g/mol. The highest BCUT2D eigenvalue weighted by atomic mass is 35.5. The Labute approximate surface area is 204 Å². The van der Waals surface area contributed by atoms with Crippen molar-refractivity contribution in [1.29, 1.82) is 10.8 Å². The van der Waals surface area contributed by atoms with Crippen LogP contribution in [0, 0.1) is 17.7 Å². The van der Waals surface area contributed by atoms with Crippen LogP contribution in [0.15, 0.2) is 76.5 Å². The molecule has 31 heavy (non-hydrogen) atoms. The van der Waals surface area contributed by atoms with Gasteiger partial charge < -0.3 is 11.5 Å². The van der Waals surface area contributed by atoms with E-state index in [0.717, 1.165) is 22.6 Å². The van der Waals surface area contributed by atoms with Gasteiger partial charge in [-0.3, -0.25) is 10.8 Å². The number of thioether (sulfide) groups is 2. The van der Waals surface area contributed by atoms with Gasteiger partial charge >= 0.3 is 0 Å². The summed E-state index contributed by atoms with van der Waals surface area (Å²) < 4.78 is 0. The van der Waals surface area contributed by atoms with E-state index >= 15 is 0 Å². The van der Waals surface area contributed by atoms with Crippen LogP contribution in [0.3, 0.4) is 0 Å². The average molecular weight is 494 g/mol. The van der Waals surface area contributed by atoms with E-state index < -0.39 is 0 Å². The molecule has 0 saturated carbocycles. The summed E-state index contributed by atoms with van der Waals surface area (Å²) in [6.45, 7) is 2.12. The second kappa shape index (κ2) is 12.7. The van der Waals surface area contributed by atoms with E-state index in [1.165, 1.54) is 26.5 Å². The van der Waals surface area contributed by atoms with Crippen LogP contribution < -0.4 is 11.5 Å². The predicted octanol–water partition coefficient (Wildman–Crippen LogP) is 5.99. The number of rotatable bonds is 8. The SMILES string of the molecule is Cc1cc(SCc2ccc(C(=N)N)cc2)cc(SCc2ccc(C(=N)N)cc2)c1.Cl.Cl. The van der Waals surface area contributed by atoms with Crippen molar-refractivity contribution < 1.29 is 0 Å². The molecule has 0 unspecified atom stereocenters. The van der Waals surface area contributed by atoms with Gasteiger partial charge in [0.1, 0.15) is 11.7 Å². The molecular formula is C23H26Cl2N4S2. The summed E-state index contributed by atoms with van der Waals surface area (Å²) in [6, 6.07) is 22.3. The first-order valence-electron chi connectivity index (χ1n) is 9.14. The van der Waals surface area contributed by atoms with Crippen LogP contribution in [0.25, 0.3) is 0 Å². The van der Waals surface area contributed by atoms with E-state index in [2.05, 4.69) is 25.1 Å². The zero-order valence-corrected chi connectivity index (χ0v) is 20.3. The Kier molecular flexibility index (Phi) is 11.0. The predicted molar refractivity (Wildman–Crippen MR) is 140 cm³/mol. The average Bonchev–Trinajstić information content (AvgIpc) is 2.71. The van der Waals surface area contributed by atoms with Crippen LogP contribution >= 0.6 is 48.3 Å². The van der Waals surface area contributed by atoms with E-state index in [9.17, 15) is 0 Å². The molecule has 0 heterocycles. The number of hydrogen-bond donors (Lipinski definition) is 4. The van der Waals surface area contributed by atoms with Crippen molar-refractivity contribution in [3.63, 3.8) is 0 Å². The second-order valence-electron chi connectivity index (χ2n) is 6.78. The fraction of sp³-hybridized carbons (Fsp3) is 0.130. The van der Waals surface area contributed by atoms with Crippen LogP contribution in [-0.4, -0.2) is 11.7 Å². The van der Waals surface area contributed by atoms with E-state index in [-0.39, 0.29) is 36.5 Å². The lowest BCUT2D eigenvalue weighted by molar-refractivity contribution is 1.25. The molecule has 0 atom stereocenters. The van der Waals surface area contributed by atoms with Gasteiger partial charge in [-0.15, -0.1) is 48.3 Å². The highest BCUT2D eigenvalue weighted by Gasteiger charge is 2.04. The number of nitrogens with two attached hydrogens (primary N) is 2. The molecular weight excluding hydrogens is 467 g/mol. The van der Waals surface area contributed by atoms with Gasteiger partial charge in [-0.2, -0.15) is 0 Å². The second-order valence-corrected chi connectivity index (χ2v) is 8.88. The van der Waals surface area contributed by atoms with Gasteiger partial charge in [-0.25, -0.2) is 0 Å². The maximum atomic E-state index is 7.48. The minimum Gasteiger partial charge on any atom is -0.384 e. The molecule has 3 aromatic rings. The van der Waals surface area contributed by atoms with E-state index in [1.54, 1.807) is 0 Å². The lowest BCUT2D eigenvalue weighted by Crippen LogP contribution is -2.10. The third-order valence-corrected chi connectivity index (χ3v) is 6.46. The number of amidine groups is 2. The van der Waals surface area contributed by atoms with Crippen molar-refractivity contribution in [1.82, 2.24) is 0 Å². The quantitative estimate of drug-likeness (QED) is 0.176. The topological polar surface area (TPSA) is 99.7 Å². The van der Waals surface area contributed by atoms with E-state index in [4.69, 9.17) is 22.3 Å². The Morgan fingerprint density at radius 1 is 0.677 bits per heavy atom. The molecule has 0 aliphatic heterocycles. The van der Waals surface area contributed by atoms with Gasteiger partial charge in [0.2, 0.25) is 0 Å². The smallest absolute Gasteiger partial charge is 0.122 e. The van der Waals surface area contributed by atoms with E-state index in [1.807, 2.05) is 72.1 Å². The number of halogens is 2. The molecule has 0 saturated heterocycles. The lowest BCUT2D eigenvalue weighted by atomic mass is 10.1. The normalized spacial score (nSPS) is 9.97. The van der Waals surface area contributed by atoms with Gasteiger partial charge in [0, 0.05) is 32.4 Å². The third-order valence-electron chi connectivity index (χ3n) is 4.37. The molecule has 0 spiro atoms. The van der Waals surface area contributed by atoms with Crippen LogP contribution in [0.2, 0.25) is 0 Å². The third kappa shape index (κ3) is 8.15. The fourth-order valence-electron chi connectivity index (χ4n) is 2.78. The van der Waals surface area contributed by atoms with Crippen molar-refractivity contribution in [3.8, 4) is 0 Å². The molecule has 0 fully saturated rings. The minimum absolute atomic E-state index is 0. The number of nitrogens with one attached hydrogen (secondary N) is 2. The highest BCUT2D eigenvalue weighted by molar-refractivity contribution is 7.99. The lowest BCUT2D eigenvalue weighted by Gasteiger charge is -2.09. The summed E-state index contributed by atoms with van der Waals surface area (Å²) in [7, 11) is 0. The Balaban J connectivity index is 0.00000240. The molecule has 0 aromatic heterocycles. The van der Waals surface area contributed by atoms with Crippen molar-refractivity contribution in [2.75, 3.05) is 0 Å². The zero-order valence-electron chi connectivity index (χ0n) is 17.1. The minimum atomic E-state index is 0. The number of benzene rings is 3. The highest BCUT2D eigenvalue weighted by Crippen LogP contribution is 2.31. The molecule has 0 aliphatic carbocycles. The summed E-state index contributed by atoms with van der Waals surface area (Å²) in [4.78, 5) is 2.49.